The number of para-hydroxylation sites is 1. The normalized spacial score (nSPS) is 13.8. The van der Waals surface area contributed by atoms with E-state index < -0.39 is 60.2 Å². The van der Waals surface area contributed by atoms with Gasteiger partial charge < -0.3 is 48.3 Å². The highest BCUT2D eigenvalue weighted by Crippen LogP contribution is 2.19. The standard InChI is InChI=1S/C26H38N8O7S/c1-42-10-8-18(23(38)33-19(25(40)41)7-4-9-30-26(28)29)32-24(39)20(34-22(37)16(27)12-21(35)36)11-14-13-31-17-6-3-2-5-15(14)17/h2-3,5-6,13,16,18-20,31H,4,7-12,27H2,1H3,(H,32,39)(H,33,38)(H,34,37)(H,35,36)(H,40,41)(H4,28,29,30). The minimum Gasteiger partial charge on any atom is -0.481 e. The molecule has 0 aliphatic carbocycles. The van der Waals surface area contributed by atoms with Crippen LogP contribution in [-0.2, 0) is 30.4 Å². The highest BCUT2D eigenvalue weighted by molar-refractivity contribution is 7.98. The van der Waals surface area contributed by atoms with Crippen molar-refractivity contribution in [3.63, 3.8) is 0 Å². The molecule has 0 bridgehead atoms. The smallest absolute Gasteiger partial charge is 0.326 e. The number of carboxylic acid groups (broad SMARTS) is 2. The zero-order valence-electron chi connectivity index (χ0n) is 23.2. The number of nitrogens with two attached hydrogens (primary N) is 3. The maximum Gasteiger partial charge on any atom is 0.326 e. The summed E-state index contributed by atoms with van der Waals surface area (Å²) in [4.78, 5) is 69.1. The zero-order valence-corrected chi connectivity index (χ0v) is 24.0. The number of aromatic nitrogens is 1. The molecule has 1 aromatic carbocycles. The molecule has 0 radical (unpaired) electrons. The highest BCUT2D eigenvalue weighted by Gasteiger charge is 2.31. The van der Waals surface area contributed by atoms with Gasteiger partial charge in [0.15, 0.2) is 5.96 Å². The van der Waals surface area contributed by atoms with Gasteiger partial charge in [0.25, 0.3) is 0 Å². The molecule has 0 spiro atoms. The van der Waals surface area contributed by atoms with Crippen molar-refractivity contribution in [3.8, 4) is 0 Å². The Bertz CT molecular complexity index is 1280. The molecular formula is C26H38N8O7S. The van der Waals surface area contributed by atoms with E-state index in [4.69, 9.17) is 22.3 Å². The molecule has 2 rings (SSSR count). The number of fused-ring (bicyclic) bond motifs is 1. The van der Waals surface area contributed by atoms with E-state index in [1.54, 1.807) is 6.20 Å². The summed E-state index contributed by atoms with van der Waals surface area (Å²) in [6, 6.07) is 2.31. The molecule has 0 fully saturated rings. The molecule has 4 atom stereocenters. The van der Waals surface area contributed by atoms with Gasteiger partial charge in [-0.3, -0.25) is 24.2 Å². The number of aliphatic imine (C=N–C) groups is 1. The van der Waals surface area contributed by atoms with Crippen LogP contribution in [-0.4, -0.2) is 93.5 Å². The van der Waals surface area contributed by atoms with Crippen LogP contribution in [0.4, 0.5) is 0 Å². The van der Waals surface area contributed by atoms with Crippen LogP contribution >= 0.6 is 11.8 Å². The zero-order chi connectivity index (χ0) is 31.2. The second kappa shape index (κ2) is 16.8. The van der Waals surface area contributed by atoms with Gasteiger partial charge in [0.1, 0.15) is 18.1 Å². The Kier molecular flexibility index (Phi) is 13.6. The summed E-state index contributed by atoms with van der Waals surface area (Å²) in [5.41, 5.74) is 17.8. The molecule has 15 nitrogen and oxygen atoms in total. The number of aliphatic carboxylic acids is 2. The molecule has 0 aliphatic rings. The molecule has 1 heterocycles. The second-order valence-electron chi connectivity index (χ2n) is 9.52. The Hall–Kier alpha value is -4.31. The Morgan fingerprint density at radius 2 is 1.60 bits per heavy atom. The van der Waals surface area contributed by atoms with Crippen LogP contribution in [0.5, 0.6) is 0 Å². The SMILES string of the molecule is CSCCC(NC(=O)C(Cc1c[nH]c2ccccc12)NC(=O)C(N)CC(=O)O)C(=O)NC(CCCN=C(N)N)C(=O)O. The Balaban J connectivity index is 2.25. The number of amides is 3. The minimum atomic E-state index is -1.41. The fourth-order valence-corrected chi connectivity index (χ4v) is 4.57. The van der Waals surface area contributed by atoms with Crippen LogP contribution in [0, 0.1) is 0 Å². The van der Waals surface area contributed by atoms with Crippen molar-refractivity contribution >= 4 is 58.3 Å². The molecule has 2 aromatic rings. The van der Waals surface area contributed by atoms with E-state index in [1.165, 1.54) is 11.8 Å². The lowest BCUT2D eigenvalue weighted by molar-refractivity contribution is -0.142. The van der Waals surface area contributed by atoms with Gasteiger partial charge in [0.2, 0.25) is 17.7 Å². The number of nitrogens with one attached hydrogen (secondary N) is 4. The Labute approximate surface area is 246 Å². The first-order valence-electron chi connectivity index (χ1n) is 13.1. The van der Waals surface area contributed by atoms with E-state index in [0.717, 1.165) is 10.9 Å². The first kappa shape index (κ1) is 33.9. The van der Waals surface area contributed by atoms with Crippen LogP contribution in [0.1, 0.15) is 31.2 Å². The van der Waals surface area contributed by atoms with Crippen LogP contribution < -0.4 is 33.2 Å². The van der Waals surface area contributed by atoms with Crippen LogP contribution in [0.25, 0.3) is 10.9 Å². The maximum atomic E-state index is 13.5. The molecule has 0 saturated heterocycles. The summed E-state index contributed by atoms with van der Waals surface area (Å²) in [7, 11) is 0. The van der Waals surface area contributed by atoms with Gasteiger partial charge >= 0.3 is 11.9 Å². The van der Waals surface area contributed by atoms with E-state index in [9.17, 15) is 29.1 Å². The van der Waals surface area contributed by atoms with Gasteiger partial charge in [0, 0.05) is 30.1 Å². The Morgan fingerprint density at radius 1 is 0.952 bits per heavy atom. The van der Waals surface area contributed by atoms with Crippen LogP contribution in [0.2, 0.25) is 0 Å². The topological polar surface area (TPSA) is 268 Å². The molecule has 4 unspecified atom stereocenters. The van der Waals surface area contributed by atoms with Gasteiger partial charge in [-0.05, 0) is 42.9 Å². The van der Waals surface area contributed by atoms with E-state index >= 15 is 0 Å². The summed E-state index contributed by atoms with van der Waals surface area (Å²) in [5.74, 6) is -4.51. The number of H-pyrrole nitrogens is 1. The number of aromatic amines is 1. The Morgan fingerprint density at radius 3 is 2.24 bits per heavy atom. The maximum absolute atomic E-state index is 13.5. The lowest BCUT2D eigenvalue weighted by atomic mass is 10.0. The van der Waals surface area contributed by atoms with Crippen molar-refractivity contribution in [3.05, 3.63) is 36.0 Å². The quantitative estimate of drug-likeness (QED) is 0.0556. The summed E-state index contributed by atoms with van der Waals surface area (Å²) in [5, 5.41) is 27.0. The van der Waals surface area contributed by atoms with Crippen molar-refractivity contribution in [2.45, 2.75) is 56.3 Å². The van der Waals surface area contributed by atoms with E-state index in [1.807, 2.05) is 30.5 Å². The van der Waals surface area contributed by atoms with Crippen LogP contribution in [0.15, 0.2) is 35.5 Å². The average molecular weight is 607 g/mol. The molecule has 42 heavy (non-hydrogen) atoms. The van der Waals surface area contributed by atoms with Crippen molar-refractivity contribution < 1.29 is 34.2 Å². The number of hydrogen-bond acceptors (Lipinski definition) is 8. The lowest BCUT2D eigenvalue weighted by Crippen LogP contribution is -2.57. The van der Waals surface area contributed by atoms with Crippen molar-refractivity contribution in [2.24, 2.45) is 22.2 Å². The molecule has 16 heteroatoms. The van der Waals surface area contributed by atoms with E-state index in [-0.39, 0.29) is 38.2 Å². The summed E-state index contributed by atoms with van der Waals surface area (Å²) < 4.78 is 0. The molecule has 1 aromatic heterocycles. The molecular weight excluding hydrogens is 568 g/mol. The second-order valence-corrected chi connectivity index (χ2v) is 10.5. The van der Waals surface area contributed by atoms with Crippen molar-refractivity contribution in [2.75, 3.05) is 18.6 Å². The number of carbonyl (C=O) groups excluding carboxylic acids is 3. The van der Waals surface area contributed by atoms with Gasteiger partial charge in [-0.1, -0.05) is 18.2 Å². The summed E-state index contributed by atoms with van der Waals surface area (Å²) in [6.07, 6.45) is 3.35. The molecule has 3 amide bonds. The first-order valence-corrected chi connectivity index (χ1v) is 14.5. The lowest BCUT2D eigenvalue weighted by Gasteiger charge is -2.25. The van der Waals surface area contributed by atoms with Crippen LogP contribution in [0.3, 0.4) is 0 Å². The van der Waals surface area contributed by atoms with E-state index in [2.05, 4.69) is 25.9 Å². The third-order valence-corrected chi connectivity index (χ3v) is 6.91. The summed E-state index contributed by atoms with van der Waals surface area (Å²) in [6.45, 7) is 0.174. The third kappa shape index (κ3) is 10.9. The monoisotopic (exact) mass is 606 g/mol. The predicted molar refractivity (Wildman–Crippen MR) is 159 cm³/mol. The van der Waals surface area contributed by atoms with Crippen molar-refractivity contribution in [1.82, 2.24) is 20.9 Å². The number of thioether (sulfide) groups is 1. The van der Waals surface area contributed by atoms with Gasteiger partial charge in [0.05, 0.1) is 12.5 Å². The van der Waals surface area contributed by atoms with Gasteiger partial charge in [-0.15, -0.1) is 0 Å². The van der Waals surface area contributed by atoms with Crippen molar-refractivity contribution in [1.29, 1.82) is 0 Å². The number of nitrogens with zero attached hydrogens (tertiary/aromatic N) is 1. The minimum absolute atomic E-state index is 0.000781. The molecule has 0 aliphatic heterocycles. The number of carbonyl (C=O) groups is 5. The fourth-order valence-electron chi connectivity index (χ4n) is 4.10. The van der Waals surface area contributed by atoms with E-state index in [0.29, 0.717) is 11.3 Å². The third-order valence-electron chi connectivity index (χ3n) is 6.27. The number of benzene rings is 1. The predicted octanol–water partition coefficient (Wildman–Crippen LogP) is -1.14. The largest absolute Gasteiger partial charge is 0.481 e. The summed E-state index contributed by atoms with van der Waals surface area (Å²) >= 11 is 1.42. The molecule has 0 saturated carbocycles. The first-order chi connectivity index (χ1) is 19.9. The van der Waals surface area contributed by atoms with Gasteiger partial charge in [-0.25, -0.2) is 4.79 Å². The number of hydrogen-bond donors (Lipinski definition) is 9. The fraction of sp³-hybridized carbons (Fsp3) is 0.462. The average Bonchev–Trinajstić information content (AvgIpc) is 3.34. The molecule has 12 N–H and O–H groups in total. The number of carboxylic acids is 2. The molecule has 230 valence electrons. The number of rotatable bonds is 18. The van der Waals surface area contributed by atoms with Gasteiger partial charge in [-0.2, -0.15) is 11.8 Å². The highest BCUT2D eigenvalue weighted by atomic mass is 32.2. The number of guanidine groups is 1.